The topological polar surface area (TPSA) is 21.3 Å². The van der Waals surface area contributed by atoms with Gasteiger partial charge >= 0.3 is 0 Å². The molecule has 0 fully saturated rings. The Hall–Kier alpha value is -1.80. The maximum Gasteiger partial charge on any atom is 0.119 e. The van der Waals surface area contributed by atoms with Crippen LogP contribution >= 0.6 is 0 Å². The summed E-state index contributed by atoms with van der Waals surface area (Å²) in [6, 6.07) is 13.4. The molecule has 0 radical (unpaired) electrons. The van der Waals surface area contributed by atoms with E-state index < -0.39 is 0 Å². The Morgan fingerprint density at radius 1 is 1.05 bits per heavy atom. The van der Waals surface area contributed by atoms with Gasteiger partial charge in [0.05, 0.1) is 13.2 Å². The Labute approximate surface area is 120 Å². The number of rotatable bonds is 2. The highest BCUT2D eigenvalue weighted by Crippen LogP contribution is 2.32. The molecule has 2 nitrogen and oxygen atoms in total. The number of fused-ring (bicyclic) bond motifs is 1. The van der Waals surface area contributed by atoms with Gasteiger partial charge in [-0.05, 0) is 54.7 Å². The van der Waals surface area contributed by atoms with E-state index in [1.165, 1.54) is 27.8 Å². The fraction of sp³-hybridized carbons (Fsp3) is 0.333. The van der Waals surface area contributed by atoms with Crippen molar-refractivity contribution in [2.24, 2.45) is 0 Å². The zero-order chi connectivity index (χ0) is 14.1. The highest BCUT2D eigenvalue weighted by molar-refractivity contribution is 5.46. The van der Waals surface area contributed by atoms with Crippen molar-refractivity contribution in [2.45, 2.75) is 26.3 Å². The summed E-state index contributed by atoms with van der Waals surface area (Å²) in [6.45, 7) is 5.35. The summed E-state index contributed by atoms with van der Waals surface area (Å²) in [7, 11) is 1.73. The lowest BCUT2D eigenvalue weighted by atomic mass is 9.87. The summed E-state index contributed by atoms with van der Waals surface area (Å²) < 4.78 is 5.34. The summed E-state index contributed by atoms with van der Waals surface area (Å²) in [5.41, 5.74) is 6.82. The van der Waals surface area contributed by atoms with Crippen molar-refractivity contribution in [3.63, 3.8) is 0 Å². The summed E-state index contributed by atoms with van der Waals surface area (Å²) in [6.07, 6.45) is 1.06. The van der Waals surface area contributed by atoms with Crippen LogP contribution in [0.5, 0.6) is 5.75 Å². The van der Waals surface area contributed by atoms with Gasteiger partial charge in [-0.15, -0.1) is 0 Å². The average molecular weight is 267 g/mol. The van der Waals surface area contributed by atoms with Gasteiger partial charge in [0.2, 0.25) is 0 Å². The molecule has 2 aromatic carbocycles. The van der Waals surface area contributed by atoms with E-state index in [2.05, 4.69) is 55.6 Å². The molecular formula is C18H21NO. The second-order valence-corrected chi connectivity index (χ2v) is 5.56. The van der Waals surface area contributed by atoms with Crippen molar-refractivity contribution in [2.75, 3.05) is 13.7 Å². The Bertz CT molecular complexity index is 633. The maximum absolute atomic E-state index is 5.34. The van der Waals surface area contributed by atoms with E-state index in [-0.39, 0.29) is 0 Å². The first kappa shape index (κ1) is 13.2. The van der Waals surface area contributed by atoms with E-state index in [0.29, 0.717) is 6.04 Å². The van der Waals surface area contributed by atoms with Crippen LogP contribution in [-0.2, 0) is 6.42 Å². The smallest absolute Gasteiger partial charge is 0.119 e. The van der Waals surface area contributed by atoms with Gasteiger partial charge < -0.3 is 10.1 Å². The molecule has 2 aromatic rings. The van der Waals surface area contributed by atoms with Gasteiger partial charge in [-0.3, -0.25) is 0 Å². The lowest BCUT2D eigenvalue weighted by Gasteiger charge is -2.29. The van der Waals surface area contributed by atoms with Crippen molar-refractivity contribution in [1.82, 2.24) is 5.32 Å². The molecule has 1 atom stereocenters. The number of nitrogens with one attached hydrogen (secondary N) is 1. The molecule has 104 valence electrons. The molecule has 20 heavy (non-hydrogen) atoms. The van der Waals surface area contributed by atoms with Crippen LogP contribution < -0.4 is 10.1 Å². The highest BCUT2D eigenvalue weighted by atomic mass is 16.5. The van der Waals surface area contributed by atoms with Gasteiger partial charge in [-0.2, -0.15) is 0 Å². The lowest BCUT2D eigenvalue weighted by molar-refractivity contribution is 0.413. The first-order valence-electron chi connectivity index (χ1n) is 7.16. The third kappa shape index (κ3) is 2.32. The number of aryl methyl sites for hydroxylation is 2. The Morgan fingerprint density at radius 3 is 2.70 bits per heavy atom. The maximum atomic E-state index is 5.34. The van der Waals surface area contributed by atoms with Crippen LogP contribution in [-0.4, -0.2) is 13.7 Å². The number of methoxy groups -OCH3 is 1. The van der Waals surface area contributed by atoms with Crippen molar-refractivity contribution in [1.29, 1.82) is 0 Å². The quantitative estimate of drug-likeness (QED) is 0.898. The molecule has 1 heterocycles. The lowest BCUT2D eigenvalue weighted by Crippen LogP contribution is -2.31. The second kappa shape index (κ2) is 5.29. The molecule has 0 saturated heterocycles. The Kier molecular flexibility index (Phi) is 3.49. The molecule has 1 aliphatic heterocycles. The zero-order valence-corrected chi connectivity index (χ0v) is 12.4. The minimum Gasteiger partial charge on any atom is -0.497 e. The van der Waals surface area contributed by atoms with Gasteiger partial charge in [0, 0.05) is 6.54 Å². The standard InChI is InChI=1S/C18H21NO/c1-12-4-5-13(2)17(10-12)18-16-7-6-15(20-3)11-14(16)8-9-19-18/h4-7,10-11,18-19H,8-9H2,1-3H3. The third-order valence-corrected chi connectivity index (χ3v) is 4.15. The minimum absolute atomic E-state index is 0.296. The summed E-state index contributed by atoms with van der Waals surface area (Å²) in [5, 5.41) is 3.66. The molecule has 0 aromatic heterocycles. The molecule has 2 heteroatoms. The van der Waals surface area contributed by atoms with Crippen molar-refractivity contribution < 1.29 is 4.74 Å². The molecule has 1 aliphatic rings. The van der Waals surface area contributed by atoms with Crippen LogP contribution in [0.2, 0.25) is 0 Å². The predicted molar refractivity (Wildman–Crippen MR) is 82.5 cm³/mol. The average Bonchev–Trinajstić information content (AvgIpc) is 2.48. The van der Waals surface area contributed by atoms with Gasteiger partial charge in [0.1, 0.15) is 5.75 Å². The fourth-order valence-electron chi connectivity index (χ4n) is 3.02. The molecule has 3 rings (SSSR count). The van der Waals surface area contributed by atoms with Crippen LogP contribution in [0.25, 0.3) is 0 Å². The first-order chi connectivity index (χ1) is 9.69. The third-order valence-electron chi connectivity index (χ3n) is 4.15. The second-order valence-electron chi connectivity index (χ2n) is 5.56. The minimum atomic E-state index is 0.296. The van der Waals surface area contributed by atoms with Gasteiger partial charge in [0.15, 0.2) is 0 Å². The molecule has 0 saturated carbocycles. The highest BCUT2D eigenvalue weighted by Gasteiger charge is 2.22. The van der Waals surface area contributed by atoms with Crippen molar-refractivity contribution in [3.8, 4) is 5.75 Å². The summed E-state index contributed by atoms with van der Waals surface area (Å²) in [4.78, 5) is 0. The van der Waals surface area contributed by atoms with Crippen LogP contribution in [0.15, 0.2) is 36.4 Å². The Balaban J connectivity index is 2.07. The van der Waals surface area contributed by atoms with Crippen molar-refractivity contribution in [3.05, 3.63) is 64.2 Å². The van der Waals surface area contributed by atoms with E-state index in [4.69, 9.17) is 4.74 Å². The number of hydrogen-bond acceptors (Lipinski definition) is 2. The molecule has 1 N–H and O–H groups in total. The summed E-state index contributed by atoms with van der Waals surface area (Å²) in [5.74, 6) is 0.949. The normalized spacial score (nSPS) is 17.6. The first-order valence-corrected chi connectivity index (χ1v) is 7.16. The van der Waals surface area contributed by atoms with E-state index in [1.807, 2.05) is 0 Å². The predicted octanol–water partition coefficient (Wildman–Crippen LogP) is 3.55. The molecule has 1 unspecified atom stereocenters. The number of benzene rings is 2. The molecule has 0 bridgehead atoms. The number of ether oxygens (including phenoxy) is 1. The number of hydrogen-bond donors (Lipinski definition) is 1. The van der Waals surface area contributed by atoms with Crippen LogP contribution in [0.4, 0.5) is 0 Å². The molecule has 0 aliphatic carbocycles. The fourth-order valence-corrected chi connectivity index (χ4v) is 3.02. The largest absolute Gasteiger partial charge is 0.497 e. The van der Waals surface area contributed by atoms with Crippen LogP contribution in [0.3, 0.4) is 0 Å². The van der Waals surface area contributed by atoms with Gasteiger partial charge in [-0.25, -0.2) is 0 Å². The zero-order valence-electron chi connectivity index (χ0n) is 12.4. The van der Waals surface area contributed by atoms with Gasteiger partial charge in [-0.1, -0.05) is 29.8 Å². The monoisotopic (exact) mass is 267 g/mol. The van der Waals surface area contributed by atoms with E-state index >= 15 is 0 Å². The van der Waals surface area contributed by atoms with E-state index in [0.717, 1.165) is 18.7 Å². The SMILES string of the molecule is COc1ccc2c(c1)CCNC2c1cc(C)ccc1C. The van der Waals surface area contributed by atoms with E-state index in [9.17, 15) is 0 Å². The van der Waals surface area contributed by atoms with Gasteiger partial charge in [0.25, 0.3) is 0 Å². The Morgan fingerprint density at radius 2 is 1.90 bits per heavy atom. The van der Waals surface area contributed by atoms with Crippen molar-refractivity contribution >= 4 is 0 Å². The van der Waals surface area contributed by atoms with E-state index in [1.54, 1.807) is 7.11 Å². The molecular weight excluding hydrogens is 246 g/mol. The molecule has 0 spiro atoms. The summed E-state index contributed by atoms with van der Waals surface area (Å²) >= 11 is 0. The molecule has 0 amide bonds. The van der Waals surface area contributed by atoms with Crippen LogP contribution in [0.1, 0.15) is 33.9 Å². The van der Waals surface area contributed by atoms with Crippen LogP contribution in [0, 0.1) is 13.8 Å².